The molecule has 0 N–H and O–H groups in total. The Morgan fingerprint density at radius 3 is 3.05 bits per heavy atom. The van der Waals surface area contributed by atoms with E-state index in [2.05, 4.69) is 11.6 Å². The number of pyridine rings is 1. The van der Waals surface area contributed by atoms with E-state index in [1.165, 1.54) is 0 Å². The molecule has 1 fully saturated rings. The maximum atomic E-state index is 12.0. The summed E-state index contributed by atoms with van der Waals surface area (Å²) in [6.45, 7) is 5.17. The summed E-state index contributed by atoms with van der Waals surface area (Å²) in [6.07, 6.45) is 8.58. The minimum atomic E-state index is 0.0869. The van der Waals surface area contributed by atoms with Crippen LogP contribution in [0.2, 0.25) is 0 Å². The first-order valence-corrected chi connectivity index (χ1v) is 6.75. The fourth-order valence-electron chi connectivity index (χ4n) is 2.25. The van der Waals surface area contributed by atoms with Crippen molar-refractivity contribution in [2.75, 3.05) is 13.1 Å². The molecule has 1 aliphatic heterocycles. The lowest BCUT2D eigenvalue weighted by atomic mass is 10.1. The van der Waals surface area contributed by atoms with E-state index in [4.69, 9.17) is 4.74 Å². The molecule has 0 radical (unpaired) electrons. The number of likely N-dealkylation sites (tertiary alicyclic amines) is 1. The zero-order valence-electron chi connectivity index (χ0n) is 11.1. The van der Waals surface area contributed by atoms with Crippen molar-refractivity contribution >= 4 is 5.91 Å². The molecule has 2 heterocycles. The molecule has 0 aliphatic carbocycles. The van der Waals surface area contributed by atoms with Gasteiger partial charge in [-0.05, 0) is 31.4 Å². The normalized spacial score (nSPS) is 18.9. The summed E-state index contributed by atoms with van der Waals surface area (Å²) in [6, 6.07) is 3.69. The van der Waals surface area contributed by atoms with Crippen LogP contribution < -0.4 is 4.74 Å². The van der Waals surface area contributed by atoms with Gasteiger partial charge in [0.1, 0.15) is 11.9 Å². The number of hydrogen-bond donors (Lipinski definition) is 0. The van der Waals surface area contributed by atoms with Crippen LogP contribution in [0.1, 0.15) is 25.7 Å². The summed E-state index contributed by atoms with van der Waals surface area (Å²) >= 11 is 0. The van der Waals surface area contributed by atoms with Crippen LogP contribution in [0.5, 0.6) is 5.75 Å². The third-order valence-corrected chi connectivity index (χ3v) is 3.25. The van der Waals surface area contributed by atoms with Gasteiger partial charge in [-0.1, -0.05) is 6.08 Å². The van der Waals surface area contributed by atoms with Crippen molar-refractivity contribution in [1.82, 2.24) is 9.88 Å². The predicted octanol–water partition coefficient (Wildman–Crippen LogP) is 2.42. The summed E-state index contributed by atoms with van der Waals surface area (Å²) in [5.74, 6) is 1.02. The van der Waals surface area contributed by atoms with Crippen molar-refractivity contribution in [3.05, 3.63) is 37.2 Å². The quantitative estimate of drug-likeness (QED) is 0.764. The van der Waals surface area contributed by atoms with Gasteiger partial charge in [-0.15, -0.1) is 6.58 Å². The van der Waals surface area contributed by atoms with Crippen molar-refractivity contribution < 1.29 is 9.53 Å². The first kappa shape index (κ1) is 13.6. The molecule has 0 saturated carbocycles. The van der Waals surface area contributed by atoms with Crippen LogP contribution in [-0.2, 0) is 4.79 Å². The molecule has 0 aromatic carbocycles. The Hall–Kier alpha value is -1.84. The molecule has 1 aromatic heterocycles. The molecule has 1 atom stereocenters. The molecule has 0 spiro atoms. The Bertz CT molecular complexity index is 419. The fourth-order valence-corrected chi connectivity index (χ4v) is 2.25. The molecule has 1 aromatic rings. The lowest BCUT2D eigenvalue weighted by Gasteiger charge is -2.33. The topological polar surface area (TPSA) is 42.4 Å². The highest BCUT2D eigenvalue weighted by atomic mass is 16.5. The van der Waals surface area contributed by atoms with Crippen LogP contribution in [0.3, 0.4) is 0 Å². The van der Waals surface area contributed by atoms with Gasteiger partial charge in [0, 0.05) is 25.4 Å². The Morgan fingerprint density at radius 2 is 2.32 bits per heavy atom. The monoisotopic (exact) mass is 260 g/mol. The van der Waals surface area contributed by atoms with Crippen molar-refractivity contribution in [3.8, 4) is 5.75 Å². The second-order valence-electron chi connectivity index (χ2n) is 4.73. The van der Waals surface area contributed by atoms with Crippen LogP contribution in [0.15, 0.2) is 37.2 Å². The number of rotatable bonds is 5. The maximum absolute atomic E-state index is 12.0. The Kier molecular flexibility index (Phi) is 4.95. The van der Waals surface area contributed by atoms with Gasteiger partial charge in [0.2, 0.25) is 5.91 Å². The van der Waals surface area contributed by atoms with E-state index in [0.29, 0.717) is 13.0 Å². The van der Waals surface area contributed by atoms with Gasteiger partial charge in [0.15, 0.2) is 0 Å². The molecule has 0 unspecified atom stereocenters. The van der Waals surface area contributed by atoms with E-state index in [9.17, 15) is 4.79 Å². The minimum Gasteiger partial charge on any atom is -0.488 e. The Morgan fingerprint density at radius 1 is 1.53 bits per heavy atom. The Balaban J connectivity index is 1.86. The van der Waals surface area contributed by atoms with Crippen LogP contribution in [0.4, 0.5) is 0 Å². The molecule has 1 amide bonds. The molecular weight excluding hydrogens is 240 g/mol. The minimum absolute atomic E-state index is 0.0869. The summed E-state index contributed by atoms with van der Waals surface area (Å²) < 4.78 is 5.89. The van der Waals surface area contributed by atoms with Crippen molar-refractivity contribution in [2.45, 2.75) is 31.8 Å². The lowest BCUT2D eigenvalue weighted by molar-refractivity contribution is -0.133. The number of carbonyl (C=O) groups excluding carboxylic acids is 1. The van der Waals surface area contributed by atoms with Crippen molar-refractivity contribution in [2.24, 2.45) is 0 Å². The highest BCUT2D eigenvalue weighted by Crippen LogP contribution is 2.18. The van der Waals surface area contributed by atoms with Crippen molar-refractivity contribution in [1.29, 1.82) is 0 Å². The zero-order chi connectivity index (χ0) is 13.5. The molecular formula is C15H20N2O2. The molecule has 19 heavy (non-hydrogen) atoms. The van der Waals surface area contributed by atoms with Gasteiger partial charge in [0.05, 0.1) is 6.54 Å². The number of carbonyl (C=O) groups is 1. The Labute approximate surface area is 114 Å². The van der Waals surface area contributed by atoms with Crippen LogP contribution in [0, 0.1) is 0 Å². The number of piperidine rings is 1. The maximum Gasteiger partial charge on any atom is 0.223 e. The lowest BCUT2D eigenvalue weighted by Crippen LogP contribution is -2.44. The van der Waals surface area contributed by atoms with E-state index < -0.39 is 0 Å². The molecule has 102 valence electrons. The van der Waals surface area contributed by atoms with E-state index in [1.807, 2.05) is 17.0 Å². The third kappa shape index (κ3) is 4.09. The first-order chi connectivity index (χ1) is 9.29. The highest BCUT2D eigenvalue weighted by Gasteiger charge is 2.24. The number of hydrogen-bond acceptors (Lipinski definition) is 3. The van der Waals surface area contributed by atoms with Gasteiger partial charge in [-0.2, -0.15) is 0 Å². The summed E-state index contributed by atoms with van der Waals surface area (Å²) in [5, 5.41) is 0. The average molecular weight is 260 g/mol. The van der Waals surface area contributed by atoms with Gasteiger partial charge < -0.3 is 9.64 Å². The van der Waals surface area contributed by atoms with Crippen LogP contribution in [-0.4, -0.2) is 35.0 Å². The van der Waals surface area contributed by atoms with Crippen LogP contribution in [0.25, 0.3) is 0 Å². The number of aromatic nitrogens is 1. The standard InChI is InChI=1S/C15H20N2O2/c1-2-3-6-15(18)17-11-4-5-14(12-17)19-13-7-9-16-10-8-13/h2,7-10,14H,1,3-6,11-12H2/t14-/m0/s1. The zero-order valence-corrected chi connectivity index (χ0v) is 11.1. The molecule has 1 aliphatic rings. The fraction of sp³-hybridized carbons (Fsp3) is 0.467. The molecule has 2 rings (SSSR count). The largest absolute Gasteiger partial charge is 0.488 e. The summed E-state index contributed by atoms with van der Waals surface area (Å²) in [4.78, 5) is 17.8. The van der Waals surface area contributed by atoms with Gasteiger partial charge in [-0.25, -0.2) is 0 Å². The molecule has 4 heteroatoms. The smallest absolute Gasteiger partial charge is 0.223 e. The SMILES string of the molecule is C=CCCC(=O)N1CCC[C@H](Oc2ccncc2)C1. The van der Waals surface area contributed by atoms with Crippen LogP contribution >= 0.6 is 0 Å². The highest BCUT2D eigenvalue weighted by molar-refractivity contribution is 5.76. The molecule has 4 nitrogen and oxygen atoms in total. The second kappa shape index (κ2) is 6.92. The van der Waals surface area contributed by atoms with E-state index in [0.717, 1.165) is 31.6 Å². The predicted molar refractivity (Wildman–Crippen MR) is 73.9 cm³/mol. The van der Waals surface area contributed by atoms with E-state index >= 15 is 0 Å². The van der Waals surface area contributed by atoms with Gasteiger partial charge in [0.25, 0.3) is 0 Å². The molecule has 1 saturated heterocycles. The molecule has 0 bridgehead atoms. The summed E-state index contributed by atoms with van der Waals surface area (Å²) in [7, 11) is 0. The second-order valence-corrected chi connectivity index (χ2v) is 4.73. The number of ether oxygens (including phenoxy) is 1. The van der Waals surface area contributed by atoms with Gasteiger partial charge >= 0.3 is 0 Å². The van der Waals surface area contributed by atoms with Crippen molar-refractivity contribution in [3.63, 3.8) is 0 Å². The third-order valence-electron chi connectivity index (χ3n) is 3.25. The average Bonchev–Trinajstić information content (AvgIpc) is 2.46. The summed E-state index contributed by atoms with van der Waals surface area (Å²) in [5.41, 5.74) is 0. The number of allylic oxidation sites excluding steroid dienone is 1. The number of nitrogens with zero attached hydrogens (tertiary/aromatic N) is 2. The van der Waals surface area contributed by atoms with E-state index in [1.54, 1.807) is 18.5 Å². The van der Waals surface area contributed by atoms with E-state index in [-0.39, 0.29) is 12.0 Å². The number of amides is 1. The van der Waals surface area contributed by atoms with Gasteiger partial charge in [-0.3, -0.25) is 9.78 Å². The first-order valence-electron chi connectivity index (χ1n) is 6.75.